The van der Waals surface area contributed by atoms with E-state index in [1.165, 1.54) is 32.4 Å². The zero-order valence-corrected chi connectivity index (χ0v) is 18.7. The van der Waals surface area contributed by atoms with Crippen molar-refractivity contribution in [1.82, 2.24) is 5.32 Å². The average Bonchev–Trinajstić information content (AvgIpc) is 2.82. The van der Waals surface area contributed by atoms with Crippen LogP contribution in [0.1, 0.15) is 32.4 Å². The topological polar surface area (TPSA) is 117 Å². The van der Waals surface area contributed by atoms with Crippen LogP contribution in [0.2, 0.25) is 5.02 Å². The summed E-state index contributed by atoms with van der Waals surface area (Å²) in [5.74, 6) is -0.453. The smallest absolute Gasteiger partial charge is 0.255 e. The fourth-order valence-electron chi connectivity index (χ4n) is 3.05. The number of hydrogen-bond acceptors (Lipinski definition) is 6. The number of ether oxygens (including phenoxy) is 2. The first-order chi connectivity index (χ1) is 15.8. The second kappa shape index (κ2) is 10.7. The minimum absolute atomic E-state index is 0.0608. The molecule has 0 aliphatic rings. The van der Waals surface area contributed by atoms with Crippen LogP contribution >= 0.6 is 11.6 Å². The summed E-state index contributed by atoms with van der Waals surface area (Å²) in [5, 5.41) is 26.1. The molecule has 0 saturated carbocycles. The Morgan fingerprint density at radius 3 is 2.30 bits per heavy atom. The Kier molecular flexibility index (Phi) is 7.76. The third kappa shape index (κ3) is 6.15. The molecule has 1 atom stereocenters. The fourth-order valence-corrected chi connectivity index (χ4v) is 3.25. The molecule has 0 aliphatic carbocycles. The molecular weight excluding hydrogens is 448 g/mol. The Hall–Kier alpha value is -3.75. The maximum Gasteiger partial charge on any atom is 0.255 e. The van der Waals surface area contributed by atoms with Crippen LogP contribution in [0.4, 0.5) is 5.69 Å². The van der Waals surface area contributed by atoms with Gasteiger partial charge < -0.3 is 30.3 Å². The Morgan fingerprint density at radius 1 is 0.970 bits per heavy atom. The van der Waals surface area contributed by atoms with Crippen molar-refractivity contribution in [3.63, 3.8) is 0 Å². The number of aliphatic hydroxyl groups excluding tert-OH is 1. The Bertz CT molecular complexity index is 1150. The molecule has 0 bridgehead atoms. The third-order valence-corrected chi connectivity index (χ3v) is 5.04. The van der Waals surface area contributed by atoms with Gasteiger partial charge in [0.15, 0.2) is 0 Å². The van der Waals surface area contributed by atoms with Crippen molar-refractivity contribution >= 4 is 29.1 Å². The predicted molar refractivity (Wildman–Crippen MR) is 124 cm³/mol. The third-order valence-electron chi connectivity index (χ3n) is 4.80. The van der Waals surface area contributed by atoms with Crippen molar-refractivity contribution in [2.24, 2.45) is 0 Å². The Balaban J connectivity index is 1.71. The highest BCUT2D eigenvalue weighted by Crippen LogP contribution is 2.25. The van der Waals surface area contributed by atoms with Gasteiger partial charge in [-0.25, -0.2) is 0 Å². The summed E-state index contributed by atoms with van der Waals surface area (Å²) in [6.07, 6.45) is -0.985. The molecule has 0 saturated heterocycles. The summed E-state index contributed by atoms with van der Waals surface area (Å²) >= 11 is 5.93. The molecule has 3 aromatic rings. The van der Waals surface area contributed by atoms with E-state index in [-0.39, 0.29) is 23.4 Å². The van der Waals surface area contributed by atoms with Gasteiger partial charge in [0.05, 0.1) is 25.9 Å². The molecule has 0 radical (unpaired) electrons. The van der Waals surface area contributed by atoms with Crippen molar-refractivity contribution in [2.45, 2.75) is 6.10 Å². The zero-order chi connectivity index (χ0) is 24.0. The molecule has 0 spiro atoms. The quantitative estimate of drug-likeness (QED) is 0.372. The van der Waals surface area contributed by atoms with Gasteiger partial charge in [0.2, 0.25) is 0 Å². The summed E-state index contributed by atoms with van der Waals surface area (Å²) in [7, 11) is 2.95. The van der Waals surface area contributed by atoms with Crippen molar-refractivity contribution in [3.8, 4) is 17.2 Å². The minimum Gasteiger partial charge on any atom is -0.507 e. The lowest BCUT2D eigenvalue weighted by Gasteiger charge is -2.14. The van der Waals surface area contributed by atoms with E-state index in [1.807, 2.05) is 0 Å². The number of aliphatic hydroxyl groups is 1. The van der Waals surface area contributed by atoms with Gasteiger partial charge in [0, 0.05) is 28.9 Å². The second-order valence-corrected chi connectivity index (χ2v) is 7.50. The van der Waals surface area contributed by atoms with Crippen LogP contribution in [0.3, 0.4) is 0 Å². The lowest BCUT2D eigenvalue weighted by atomic mass is 10.1. The number of carbonyl (C=O) groups is 2. The standard InChI is InChI=1S/C24H23ClN2O6/c1-32-18-9-15(10-19(12-18)33-2)23(30)27-17-6-7-21(28)20(11-17)24(31)26-13-22(29)14-4-3-5-16(25)8-14/h3-12,22,28-29H,13H2,1-2H3,(H,26,31)(H,27,30)/t22-/m0/s1. The molecule has 0 heterocycles. The summed E-state index contributed by atoms with van der Waals surface area (Å²) < 4.78 is 10.3. The maximum absolute atomic E-state index is 12.7. The molecule has 0 aromatic heterocycles. The first-order valence-electron chi connectivity index (χ1n) is 9.90. The van der Waals surface area contributed by atoms with Gasteiger partial charge in [-0.15, -0.1) is 0 Å². The molecule has 33 heavy (non-hydrogen) atoms. The Morgan fingerprint density at radius 2 is 1.67 bits per heavy atom. The van der Waals surface area contributed by atoms with Gasteiger partial charge in [-0.3, -0.25) is 9.59 Å². The molecule has 3 rings (SSSR count). The van der Waals surface area contributed by atoms with Crippen LogP contribution in [-0.2, 0) is 0 Å². The zero-order valence-electron chi connectivity index (χ0n) is 18.0. The number of phenols is 1. The van der Waals surface area contributed by atoms with Crippen LogP contribution in [0.25, 0.3) is 0 Å². The molecular formula is C24H23ClN2O6. The Labute approximate surface area is 195 Å². The number of hydrogen-bond donors (Lipinski definition) is 4. The van der Waals surface area contributed by atoms with E-state index in [0.717, 1.165) is 0 Å². The predicted octanol–water partition coefficient (Wildman–Crippen LogP) is 3.78. The molecule has 0 aliphatic heterocycles. The lowest BCUT2D eigenvalue weighted by Crippen LogP contribution is -2.28. The van der Waals surface area contributed by atoms with Crippen molar-refractivity contribution in [1.29, 1.82) is 0 Å². The van der Waals surface area contributed by atoms with Crippen LogP contribution in [-0.4, -0.2) is 42.8 Å². The number of rotatable bonds is 8. The van der Waals surface area contributed by atoms with Crippen LogP contribution in [0.15, 0.2) is 60.7 Å². The second-order valence-electron chi connectivity index (χ2n) is 7.07. The molecule has 0 unspecified atom stereocenters. The van der Waals surface area contributed by atoms with Crippen molar-refractivity contribution in [3.05, 3.63) is 82.4 Å². The summed E-state index contributed by atoms with van der Waals surface area (Å²) in [5.41, 5.74) is 1.06. The molecule has 172 valence electrons. The van der Waals surface area contributed by atoms with Gasteiger partial charge in [-0.2, -0.15) is 0 Å². The summed E-state index contributed by atoms with van der Waals surface area (Å²) in [6, 6.07) is 15.5. The number of carbonyl (C=O) groups excluding carboxylic acids is 2. The van der Waals surface area contributed by atoms with E-state index in [2.05, 4.69) is 10.6 Å². The largest absolute Gasteiger partial charge is 0.507 e. The lowest BCUT2D eigenvalue weighted by molar-refractivity contribution is 0.0913. The van der Waals surface area contributed by atoms with E-state index in [9.17, 15) is 19.8 Å². The van der Waals surface area contributed by atoms with Crippen LogP contribution in [0, 0.1) is 0 Å². The number of amides is 2. The van der Waals surface area contributed by atoms with Crippen LogP contribution < -0.4 is 20.1 Å². The number of aromatic hydroxyl groups is 1. The van der Waals surface area contributed by atoms with Gasteiger partial charge in [-0.1, -0.05) is 23.7 Å². The maximum atomic E-state index is 12.7. The average molecular weight is 471 g/mol. The SMILES string of the molecule is COc1cc(OC)cc(C(=O)Nc2ccc(O)c(C(=O)NC[C@H](O)c3cccc(Cl)c3)c2)c1. The van der Waals surface area contributed by atoms with Gasteiger partial charge >= 0.3 is 0 Å². The van der Waals surface area contributed by atoms with E-state index in [4.69, 9.17) is 21.1 Å². The number of methoxy groups -OCH3 is 2. The monoisotopic (exact) mass is 470 g/mol. The van der Waals surface area contributed by atoms with Crippen LogP contribution in [0.5, 0.6) is 17.2 Å². The first-order valence-corrected chi connectivity index (χ1v) is 10.3. The highest BCUT2D eigenvalue weighted by Gasteiger charge is 2.16. The number of halogens is 1. The molecule has 8 nitrogen and oxygen atoms in total. The van der Waals surface area contributed by atoms with Gasteiger partial charge in [0.1, 0.15) is 17.2 Å². The van der Waals surface area contributed by atoms with E-state index in [1.54, 1.807) is 42.5 Å². The number of nitrogens with one attached hydrogen (secondary N) is 2. The molecule has 9 heteroatoms. The van der Waals surface area contributed by atoms with Crippen molar-refractivity contribution in [2.75, 3.05) is 26.1 Å². The number of phenolic OH excluding ortho intramolecular Hbond substituents is 1. The van der Waals surface area contributed by atoms with E-state index in [0.29, 0.717) is 27.8 Å². The fraction of sp³-hybridized carbons (Fsp3) is 0.167. The highest BCUT2D eigenvalue weighted by atomic mass is 35.5. The molecule has 0 fully saturated rings. The normalized spacial score (nSPS) is 11.4. The molecule has 3 aromatic carbocycles. The molecule has 2 amide bonds. The molecule has 4 N–H and O–H groups in total. The van der Waals surface area contributed by atoms with Crippen molar-refractivity contribution < 1.29 is 29.3 Å². The summed E-state index contributed by atoms with van der Waals surface area (Å²) in [4.78, 5) is 25.3. The van der Waals surface area contributed by atoms with Gasteiger partial charge in [-0.05, 0) is 48.0 Å². The minimum atomic E-state index is -0.985. The number of benzene rings is 3. The first kappa shape index (κ1) is 23.9. The van der Waals surface area contributed by atoms with E-state index >= 15 is 0 Å². The van der Waals surface area contributed by atoms with Gasteiger partial charge in [0.25, 0.3) is 11.8 Å². The highest BCUT2D eigenvalue weighted by molar-refractivity contribution is 6.30. The van der Waals surface area contributed by atoms with E-state index < -0.39 is 17.9 Å². The number of anilines is 1. The summed E-state index contributed by atoms with van der Waals surface area (Å²) in [6.45, 7) is -0.0984.